The largest absolute Gasteiger partial charge is 0.370 e. The molecule has 0 radical (unpaired) electrons. The third-order valence-electron chi connectivity index (χ3n) is 5.41. The lowest BCUT2D eigenvalue weighted by molar-refractivity contribution is 0.0946. The van der Waals surface area contributed by atoms with E-state index in [1.165, 1.54) is 4.68 Å². The van der Waals surface area contributed by atoms with Gasteiger partial charge in [0.25, 0.3) is 17.0 Å². The fourth-order valence-electron chi connectivity index (χ4n) is 3.43. The van der Waals surface area contributed by atoms with E-state index in [2.05, 4.69) is 20.3 Å². The van der Waals surface area contributed by atoms with E-state index in [-0.39, 0.29) is 28.5 Å². The Kier molecular flexibility index (Phi) is 5.16. The van der Waals surface area contributed by atoms with E-state index in [1.54, 1.807) is 26.2 Å². The van der Waals surface area contributed by atoms with E-state index in [9.17, 15) is 14.4 Å². The zero-order valence-corrected chi connectivity index (χ0v) is 16.1. The Morgan fingerprint density at radius 2 is 2.04 bits per heavy atom. The van der Waals surface area contributed by atoms with Crippen LogP contribution in [-0.2, 0) is 7.05 Å². The molecule has 2 aromatic heterocycles. The van der Waals surface area contributed by atoms with Crippen LogP contribution in [0.2, 0.25) is 0 Å². The van der Waals surface area contributed by atoms with Crippen LogP contribution in [0.3, 0.4) is 0 Å². The summed E-state index contributed by atoms with van der Waals surface area (Å²) in [5.41, 5.74) is 2.90. The Morgan fingerprint density at radius 3 is 2.74 bits per heavy atom. The predicted octanol–water partition coefficient (Wildman–Crippen LogP) is 0.650. The molecule has 27 heavy (non-hydrogen) atoms. The number of carbonyl (C=O) groups is 1. The number of aromatic nitrogens is 3. The van der Waals surface area contributed by atoms with Crippen LogP contribution in [-0.4, -0.2) is 40.3 Å². The van der Waals surface area contributed by atoms with Gasteiger partial charge in [0, 0.05) is 38.4 Å². The Morgan fingerprint density at radius 1 is 1.30 bits per heavy atom. The van der Waals surface area contributed by atoms with Gasteiger partial charge in [-0.1, -0.05) is 0 Å². The van der Waals surface area contributed by atoms with Gasteiger partial charge in [-0.3, -0.25) is 14.4 Å². The summed E-state index contributed by atoms with van der Waals surface area (Å²) < 4.78 is 1.29. The van der Waals surface area contributed by atoms with Crippen molar-refractivity contribution in [3.05, 3.63) is 55.4 Å². The summed E-state index contributed by atoms with van der Waals surface area (Å²) in [5, 5.41) is 6.95. The minimum absolute atomic E-state index is 0.145. The molecule has 3 heterocycles. The molecular formula is C19H25N5O3. The van der Waals surface area contributed by atoms with Gasteiger partial charge >= 0.3 is 0 Å². The molecule has 3 rings (SSSR count). The van der Waals surface area contributed by atoms with Gasteiger partial charge in [0.1, 0.15) is 5.56 Å². The van der Waals surface area contributed by atoms with Crippen LogP contribution in [0.4, 0.5) is 5.69 Å². The van der Waals surface area contributed by atoms with Crippen molar-refractivity contribution < 1.29 is 4.79 Å². The number of rotatable bonds is 4. The number of anilines is 1. The van der Waals surface area contributed by atoms with E-state index in [1.807, 2.05) is 13.8 Å². The van der Waals surface area contributed by atoms with E-state index < -0.39 is 0 Å². The maximum atomic E-state index is 12.5. The highest BCUT2D eigenvalue weighted by Crippen LogP contribution is 2.21. The molecule has 0 bridgehead atoms. The molecule has 144 valence electrons. The molecular weight excluding hydrogens is 346 g/mol. The van der Waals surface area contributed by atoms with Crippen molar-refractivity contribution >= 4 is 11.6 Å². The van der Waals surface area contributed by atoms with Crippen LogP contribution < -0.4 is 21.3 Å². The normalized spacial score (nSPS) is 16.6. The van der Waals surface area contributed by atoms with Crippen molar-refractivity contribution in [2.24, 2.45) is 13.0 Å². The third-order valence-corrected chi connectivity index (χ3v) is 5.41. The molecule has 8 nitrogen and oxygen atoms in total. The van der Waals surface area contributed by atoms with E-state index in [0.29, 0.717) is 12.1 Å². The van der Waals surface area contributed by atoms with Crippen molar-refractivity contribution in [1.29, 1.82) is 0 Å². The van der Waals surface area contributed by atoms with Crippen molar-refractivity contribution in [2.45, 2.75) is 27.2 Å². The van der Waals surface area contributed by atoms with Gasteiger partial charge in [0.15, 0.2) is 0 Å². The highest BCUT2D eigenvalue weighted by Gasteiger charge is 2.25. The van der Waals surface area contributed by atoms with Crippen LogP contribution in [0.25, 0.3) is 0 Å². The predicted molar refractivity (Wildman–Crippen MR) is 103 cm³/mol. The first-order valence-corrected chi connectivity index (χ1v) is 9.04. The molecule has 1 fully saturated rings. The van der Waals surface area contributed by atoms with E-state index >= 15 is 0 Å². The topological polar surface area (TPSA) is 100 Å². The second-order valence-electron chi connectivity index (χ2n) is 7.19. The minimum atomic E-state index is -0.354. The van der Waals surface area contributed by atoms with Gasteiger partial charge in [-0.2, -0.15) is 5.10 Å². The molecule has 1 atom stereocenters. The van der Waals surface area contributed by atoms with Gasteiger partial charge in [-0.05, 0) is 44.2 Å². The Bertz CT molecular complexity index is 992. The quantitative estimate of drug-likeness (QED) is 0.822. The Labute approximate surface area is 157 Å². The summed E-state index contributed by atoms with van der Waals surface area (Å²) in [5.74, 6) is -0.0884. The van der Waals surface area contributed by atoms with Crippen molar-refractivity contribution in [3.8, 4) is 0 Å². The van der Waals surface area contributed by atoms with Crippen molar-refractivity contribution in [2.75, 3.05) is 24.5 Å². The summed E-state index contributed by atoms with van der Waals surface area (Å²) in [7, 11) is 1.62. The molecule has 2 N–H and O–H groups in total. The average Bonchev–Trinajstić information content (AvgIpc) is 3.09. The number of nitrogens with one attached hydrogen (secondary N) is 2. The van der Waals surface area contributed by atoms with Gasteiger partial charge in [-0.15, -0.1) is 0 Å². The monoisotopic (exact) mass is 371 g/mol. The smallest absolute Gasteiger partial charge is 0.268 e. The lowest BCUT2D eigenvalue weighted by Gasteiger charge is -2.18. The molecule has 0 aromatic carbocycles. The summed E-state index contributed by atoms with van der Waals surface area (Å²) in [6.07, 6.45) is 2.58. The number of amides is 1. The fraction of sp³-hybridized carbons (Fsp3) is 0.474. The highest BCUT2D eigenvalue weighted by molar-refractivity contribution is 5.95. The Hall–Kier alpha value is -2.90. The molecule has 2 aromatic rings. The summed E-state index contributed by atoms with van der Waals surface area (Å²) in [6.45, 7) is 7.54. The van der Waals surface area contributed by atoms with Crippen LogP contribution >= 0.6 is 0 Å². The molecule has 1 unspecified atom stereocenters. The third kappa shape index (κ3) is 3.79. The van der Waals surface area contributed by atoms with E-state index in [0.717, 1.165) is 36.5 Å². The Balaban J connectivity index is 1.64. The summed E-state index contributed by atoms with van der Waals surface area (Å²) in [4.78, 5) is 41.3. The number of hydrogen-bond donors (Lipinski definition) is 2. The number of carbonyl (C=O) groups excluding carboxylic acids is 1. The molecule has 1 aliphatic heterocycles. The first-order chi connectivity index (χ1) is 12.8. The number of nitrogens with zero attached hydrogens (tertiary/aromatic N) is 3. The van der Waals surface area contributed by atoms with Crippen LogP contribution in [0, 0.1) is 26.7 Å². The number of hydrogen-bond acceptors (Lipinski definition) is 5. The number of aryl methyl sites for hydroxylation is 2. The van der Waals surface area contributed by atoms with Crippen LogP contribution in [0.15, 0.2) is 21.9 Å². The average molecular weight is 371 g/mol. The molecule has 1 saturated heterocycles. The zero-order valence-electron chi connectivity index (χ0n) is 16.1. The second kappa shape index (κ2) is 7.38. The lowest BCUT2D eigenvalue weighted by atomic mass is 10.0. The number of aromatic amines is 1. The lowest BCUT2D eigenvalue weighted by Crippen LogP contribution is -2.35. The second-order valence-corrected chi connectivity index (χ2v) is 7.19. The molecule has 0 aliphatic carbocycles. The van der Waals surface area contributed by atoms with Crippen molar-refractivity contribution in [3.63, 3.8) is 0 Å². The van der Waals surface area contributed by atoms with Crippen LogP contribution in [0.5, 0.6) is 0 Å². The molecule has 1 aliphatic rings. The maximum Gasteiger partial charge on any atom is 0.268 e. The fourth-order valence-corrected chi connectivity index (χ4v) is 3.43. The SMILES string of the molecule is Cc1[nH]c(=O)c(C(=O)NCC2CCN(c3cnn(C)c(=O)c3)C2)c(C)c1C. The van der Waals surface area contributed by atoms with Crippen molar-refractivity contribution in [1.82, 2.24) is 20.1 Å². The van der Waals surface area contributed by atoms with Gasteiger partial charge in [0.05, 0.1) is 11.9 Å². The summed E-state index contributed by atoms with van der Waals surface area (Å²) >= 11 is 0. The van der Waals surface area contributed by atoms with Gasteiger partial charge < -0.3 is 15.2 Å². The van der Waals surface area contributed by atoms with Crippen LogP contribution in [0.1, 0.15) is 33.6 Å². The molecule has 8 heteroatoms. The number of pyridine rings is 1. The number of H-pyrrole nitrogens is 1. The molecule has 0 saturated carbocycles. The van der Waals surface area contributed by atoms with Gasteiger partial charge in [-0.25, -0.2) is 4.68 Å². The zero-order chi connectivity index (χ0) is 19.7. The van der Waals surface area contributed by atoms with E-state index in [4.69, 9.17) is 0 Å². The minimum Gasteiger partial charge on any atom is -0.370 e. The van der Waals surface area contributed by atoms with Gasteiger partial charge in [0.2, 0.25) is 0 Å². The molecule has 0 spiro atoms. The summed E-state index contributed by atoms with van der Waals surface area (Å²) in [6, 6.07) is 1.58. The highest BCUT2D eigenvalue weighted by atomic mass is 16.2. The molecule has 1 amide bonds. The standard InChI is InChI=1S/C19H25N5O3/c1-11-12(2)17(19(27)22-13(11)3)18(26)20-8-14-5-6-24(10-14)15-7-16(25)23(4)21-9-15/h7,9,14H,5-6,8,10H2,1-4H3,(H,20,26)(H,22,27). The maximum absolute atomic E-state index is 12.5. The first-order valence-electron chi connectivity index (χ1n) is 9.04. The first kappa shape index (κ1) is 18.9.